The predicted molar refractivity (Wildman–Crippen MR) is 70.8 cm³/mol. The van der Waals surface area contributed by atoms with Crippen LogP contribution in [0.4, 0.5) is 4.39 Å². The van der Waals surface area contributed by atoms with E-state index in [1.54, 1.807) is 18.7 Å². The Morgan fingerprint density at radius 3 is 2.83 bits per heavy atom. The van der Waals surface area contributed by atoms with Crippen LogP contribution >= 0.6 is 23.8 Å². The third kappa shape index (κ3) is 2.26. The summed E-state index contributed by atoms with van der Waals surface area (Å²) in [6, 6.07) is 2.73. The van der Waals surface area contributed by atoms with Crippen LogP contribution in [-0.2, 0) is 11.3 Å². The van der Waals surface area contributed by atoms with Crippen LogP contribution in [0.5, 0.6) is 0 Å². The van der Waals surface area contributed by atoms with E-state index in [0.29, 0.717) is 15.8 Å². The van der Waals surface area contributed by atoms with Gasteiger partial charge in [-0.1, -0.05) is 11.6 Å². The molecule has 4 nitrogen and oxygen atoms in total. The number of imidazole rings is 1. The number of carbonyl (C=O) groups is 1. The molecule has 0 saturated heterocycles. The summed E-state index contributed by atoms with van der Waals surface area (Å²) in [5.74, 6) is -0.661. The number of hydrogen-bond acceptors (Lipinski definition) is 2. The van der Waals surface area contributed by atoms with E-state index in [1.807, 2.05) is 0 Å². The van der Waals surface area contributed by atoms with E-state index in [1.165, 1.54) is 17.0 Å². The van der Waals surface area contributed by atoms with Crippen molar-refractivity contribution in [2.45, 2.75) is 6.54 Å². The Hall–Kier alpha value is -1.40. The SMILES string of the molecule is CN(C)C(=O)Cn1c(=S)[nH]c2cc(Cl)c(F)cc21. The summed E-state index contributed by atoms with van der Waals surface area (Å²) in [5.41, 5.74) is 1.13. The number of nitrogens with one attached hydrogen (secondary N) is 1. The zero-order chi connectivity index (χ0) is 13.4. The standard InChI is InChI=1S/C11H11ClFN3OS/c1-15(2)10(17)5-16-9-4-7(13)6(12)3-8(9)14-11(16)18/h3-4H,5H2,1-2H3,(H,14,18). The van der Waals surface area contributed by atoms with Crippen molar-refractivity contribution in [1.29, 1.82) is 0 Å². The lowest BCUT2D eigenvalue weighted by Crippen LogP contribution is -2.26. The van der Waals surface area contributed by atoms with Crippen molar-refractivity contribution in [2.24, 2.45) is 0 Å². The minimum atomic E-state index is -0.538. The van der Waals surface area contributed by atoms with Crippen LogP contribution in [0.3, 0.4) is 0 Å². The number of aromatic amines is 1. The summed E-state index contributed by atoms with van der Waals surface area (Å²) >= 11 is 10.8. The van der Waals surface area contributed by atoms with Gasteiger partial charge in [0.1, 0.15) is 12.4 Å². The first-order chi connectivity index (χ1) is 8.40. The number of rotatable bonds is 2. The van der Waals surface area contributed by atoms with Gasteiger partial charge in [0.2, 0.25) is 5.91 Å². The smallest absolute Gasteiger partial charge is 0.242 e. The van der Waals surface area contributed by atoms with Gasteiger partial charge in [-0.15, -0.1) is 0 Å². The van der Waals surface area contributed by atoms with Crippen LogP contribution in [0.15, 0.2) is 12.1 Å². The molecule has 0 aliphatic rings. The van der Waals surface area contributed by atoms with Gasteiger partial charge in [0, 0.05) is 20.2 Å². The number of halogens is 2. The highest BCUT2D eigenvalue weighted by Crippen LogP contribution is 2.22. The second kappa shape index (κ2) is 4.70. The van der Waals surface area contributed by atoms with Gasteiger partial charge < -0.3 is 14.5 Å². The fourth-order valence-corrected chi connectivity index (χ4v) is 2.02. The highest BCUT2D eigenvalue weighted by atomic mass is 35.5. The summed E-state index contributed by atoms with van der Waals surface area (Å²) in [5, 5.41) is 0.0184. The number of fused-ring (bicyclic) bond motifs is 1. The van der Waals surface area contributed by atoms with Crippen molar-refractivity contribution < 1.29 is 9.18 Å². The molecule has 1 aromatic carbocycles. The third-order valence-corrected chi connectivity index (χ3v) is 3.22. The van der Waals surface area contributed by atoms with Gasteiger partial charge in [0.25, 0.3) is 0 Å². The maximum Gasteiger partial charge on any atom is 0.242 e. The van der Waals surface area contributed by atoms with Crippen molar-refractivity contribution in [2.75, 3.05) is 14.1 Å². The number of benzene rings is 1. The molecule has 7 heteroatoms. The van der Waals surface area contributed by atoms with Gasteiger partial charge in [-0.3, -0.25) is 4.79 Å². The molecule has 0 spiro atoms. The number of hydrogen-bond donors (Lipinski definition) is 1. The molecule has 0 fully saturated rings. The molecule has 0 bridgehead atoms. The van der Waals surface area contributed by atoms with E-state index >= 15 is 0 Å². The molecule has 1 aromatic heterocycles. The Kier molecular flexibility index (Phi) is 3.41. The molecule has 18 heavy (non-hydrogen) atoms. The second-order valence-corrected chi connectivity index (χ2v) is 4.88. The Morgan fingerprint density at radius 2 is 2.22 bits per heavy atom. The molecule has 0 unspecified atom stereocenters. The Bertz CT molecular complexity index is 677. The number of amides is 1. The maximum atomic E-state index is 13.4. The molecule has 1 heterocycles. The lowest BCUT2D eigenvalue weighted by atomic mass is 10.3. The van der Waals surface area contributed by atoms with Crippen LogP contribution in [-0.4, -0.2) is 34.5 Å². The molecule has 1 N–H and O–H groups in total. The van der Waals surface area contributed by atoms with Gasteiger partial charge >= 0.3 is 0 Å². The van der Waals surface area contributed by atoms with Crippen LogP contribution in [0.1, 0.15) is 0 Å². The Morgan fingerprint density at radius 1 is 1.56 bits per heavy atom. The highest BCUT2D eigenvalue weighted by Gasteiger charge is 2.12. The number of aromatic nitrogens is 2. The fourth-order valence-electron chi connectivity index (χ4n) is 1.59. The predicted octanol–water partition coefficient (Wildman–Crippen LogP) is 2.58. The number of likely N-dealkylation sites (N-methyl/N-ethyl adjacent to an activating group) is 1. The van der Waals surface area contributed by atoms with E-state index < -0.39 is 5.82 Å². The molecule has 1 amide bonds. The van der Waals surface area contributed by atoms with Crippen molar-refractivity contribution in [1.82, 2.24) is 14.5 Å². The largest absolute Gasteiger partial charge is 0.347 e. The van der Waals surface area contributed by atoms with Crippen LogP contribution in [0.2, 0.25) is 5.02 Å². The van der Waals surface area contributed by atoms with E-state index in [0.717, 1.165) is 0 Å². The number of nitrogens with zero attached hydrogens (tertiary/aromatic N) is 2. The van der Waals surface area contributed by atoms with E-state index in [2.05, 4.69) is 4.98 Å². The highest BCUT2D eigenvalue weighted by molar-refractivity contribution is 7.71. The normalized spacial score (nSPS) is 10.9. The zero-order valence-corrected chi connectivity index (χ0v) is 11.4. The van der Waals surface area contributed by atoms with Crippen LogP contribution in [0.25, 0.3) is 11.0 Å². The first-order valence-corrected chi connectivity index (χ1v) is 5.96. The van der Waals surface area contributed by atoms with Crippen molar-refractivity contribution in [3.8, 4) is 0 Å². The monoisotopic (exact) mass is 287 g/mol. The average molecular weight is 288 g/mol. The fraction of sp³-hybridized carbons (Fsp3) is 0.273. The summed E-state index contributed by atoms with van der Waals surface area (Å²) < 4.78 is 15.4. The number of carbonyl (C=O) groups excluding carboxylic acids is 1. The first-order valence-electron chi connectivity index (χ1n) is 5.18. The summed E-state index contributed by atoms with van der Waals surface area (Å²) in [6.45, 7) is 0.0624. The van der Waals surface area contributed by atoms with Crippen molar-refractivity contribution in [3.05, 3.63) is 27.7 Å². The van der Waals surface area contributed by atoms with Gasteiger partial charge in [-0.05, 0) is 18.3 Å². The molecule has 0 aliphatic carbocycles. The van der Waals surface area contributed by atoms with Gasteiger partial charge in [0.15, 0.2) is 4.77 Å². The summed E-state index contributed by atoms with van der Waals surface area (Å²) in [6.07, 6.45) is 0. The van der Waals surface area contributed by atoms with Gasteiger partial charge in [0.05, 0.1) is 16.1 Å². The summed E-state index contributed by atoms with van der Waals surface area (Å²) in [7, 11) is 3.30. The first kappa shape index (κ1) is 13.0. The van der Waals surface area contributed by atoms with Crippen molar-refractivity contribution in [3.63, 3.8) is 0 Å². The third-order valence-electron chi connectivity index (χ3n) is 2.61. The molecule has 0 aliphatic heterocycles. The molecule has 0 atom stereocenters. The maximum absolute atomic E-state index is 13.4. The molecule has 2 rings (SSSR count). The Labute approximate surface area is 113 Å². The lowest BCUT2D eigenvalue weighted by Gasteiger charge is -2.11. The van der Waals surface area contributed by atoms with E-state index in [4.69, 9.17) is 23.8 Å². The average Bonchev–Trinajstić information content (AvgIpc) is 2.56. The van der Waals surface area contributed by atoms with E-state index in [9.17, 15) is 9.18 Å². The lowest BCUT2D eigenvalue weighted by molar-refractivity contribution is -0.129. The molecule has 0 saturated carbocycles. The molecule has 96 valence electrons. The molecule has 0 radical (unpaired) electrons. The minimum absolute atomic E-state index is 0.0184. The molecule has 2 aromatic rings. The van der Waals surface area contributed by atoms with Gasteiger partial charge in [-0.25, -0.2) is 4.39 Å². The topological polar surface area (TPSA) is 41.0 Å². The Balaban J connectivity index is 2.57. The van der Waals surface area contributed by atoms with Crippen LogP contribution < -0.4 is 0 Å². The van der Waals surface area contributed by atoms with E-state index in [-0.39, 0.29) is 17.5 Å². The van der Waals surface area contributed by atoms with Crippen molar-refractivity contribution >= 4 is 40.8 Å². The summed E-state index contributed by atoms with van der Waals surface area (Å²) in [4.78, 5) is 16.0. The molecular formula is C11H11ClFN3OS. The quantitative estimate of drug-likeness (QED) is 0.863. The zero-order valence-electron chi connectivity index (χ0n) is 9.83. The number of H-pyrrole nitrogens is 1. The minimum Gasteiger partial charge on any atom is -0.347 e. The van der Waals surface area contributed by atoms with Crippen LogP contribution in [0, 0.1) is 10.6 Å². The molecular weight excluding hydrogens is 277 g/mol. The second-order valence-electron chi connectivity index (χ2n) is 4.09. The van der Waals surface area contributed by atoms with Gasteiger partial charge in [-0.2, -0.15) is 0 Å².